The lowest BCUT2D eigenvalue weighted by Crippen LogP contribution is -2.40. The second kappa shape index (κ2) is 6.86. The minimum Gasteiger partial charge on any atom is -0.548 e. The molecule has 0 spiro atoms. The Hall–Kier alpha value is -1.97. The van der Waals surface area contributed by atoms with E-state index in [0.29, 0.717) is 13.2 Å². The summed E-state index contributed by atoms with van der Waals surface area (Å²) in [5.74, 6) is -2.01. The third-order valence-electron chi connectivity index (χ3n) is 3.12. The van der Waals surface area contributed by atoms with Gasteiger partial charge in [0.1, 0.15) is 0 Å². The van der Waals surface area contributed by atoms with Gasteiger partial charge in [-0.15, -0.1) is 0 Å². The molecule has 1 aliphatic heterocycles. The summed E-state index contributed by atoms with van der Waals surface area (Å²) < 4.78 is 31.2. The van der Waals surface area contributed by atoms with Gasteiger partial charge in [-0.05, 0) is 24.3 Å². The van der Waals surface area contributed by atoms with Crippen LogP contribution in [-0.4, -0.2) is 57.4 Å². The maximum absolute atomic E-state index is 12.4. The molecule has 1 aliphatic rings. The fourth-order valence-corrected chi connectivity index (χ4v) is 3.38. The third-order valence-corrected chi connectivity index (χ3v) is 5.03. The first-order chi connectivity index (χ1) is 10.4. The number of morpholine rings is 1. The number of rotatable bonds is 5. The predicted octanol–water partition coefficient (Wildman–Crippen LogP) is -1.81. The molecule has 1 N–H and O–H groups in total. The highest BCUT2D eigenvalue weighted by molar-refractivity contribution is 7.89. The quantitative estimate of drug-likeness (QED) is 0.681. The van der Waals surface area contributed by atoms with E-state index in [2.05, 4.69) is 5.32 Å². The molecule has 0 radical (unpaired) electrons. The number of amides is 1. The normalized spacial score (nSPS) is 16.2. The number of aliphatic carboxylic acids is 1. The summed E-state index contributed by atoms with van der Waals surface area (Å²) in [7, 11) is -3.61. The minimum absolute atomic E-state index is 0.0749. The molecule has 0 saturated carbocycles. The molecular weight excluding hydrogens is 312 g/mol. The van der Waals surface area contributed by atoms with E-state index >= 15 is 0 Å². The number of sulfonamides is 1. The van der Waals surface area contributed by atoms with Crippen LogP contribution in [0.4, 0.5) is 0 Å². The zero-order valence-corrected chi connectivity index (χ0v) is 12.5. The Kier molecular flexibility index (Phi) is 5.11. The van der Waals surface area contributed by atoms with Crippen molar-refractivity contribution in [3.8, 4) is 0 Å². The number of benzene rings is 1. The molecule has 2 rings (SSSR count). The lowest BCUT2D eigenvalue weighted by molar-refractivity contribution is -0.303. The standard InChI is InChI=1S/C13H16N2O6S/c16-12(17)9-14-13(18)10-1-3-11(4-2-10)22(19,20)15-5-7-21-8-6-15/h1-4H,5-9H2,(H,14,18)(H,16,17)/p-1. The molecule has 0 atom stereocenters. The molecule has 0 unspecified atom stereocenters. The summed E-state index contributed by atoms with van der Waals surface area (Å²) in [6.45, 7) is 0.672. The van der Waals surface area contributed by atoms with Gasteiger partial charge in [0.25, 0.3) is 5.91 Å². The molecular formula is C13H15N2O6S-. The first-order valence-electron chi connectivity index (χ1n) is 6.57. The number of carboxylic acids is 1. The maximum atomic E-state index is 12.4. The van der Waals surface area contributed by atoms with Crippen LogP contribution < -0.4 is 10.4 Å². The molecule has 1 saturated heterocycles. The first-order valence-corrected chi connectivity index (χ1v) is 8.01. The van der Waals surface area contributed by atoms with Gasteiger partial charge in [0.05, 0.1) is 30.6 Å². The summed E-state index contributed by atoms with van der Waals surface area (Å²) in [4.78, 5) is 22.0. The van der Waals surface area contributed by atoms with Crippen molar-refractivity contribution >= 4 is 21.9 Å². The zero-order chi connectivity index (χ0) is 16.2. The van der Waals surface area contributed by atoms with Crippen LogP contribution in [0.1, 0.15) is 10.4 Å². The number of carbonyl (C=O) groups is 2. The minimum atomic E-state index is -3.61. The van der Waals surface area contributed by atoms with Crippen LogP contribution in [0.2, 0.25) is 0 Å². The molecule has 9 heteroatoms. The highest BCUT2D eigenvalue weighted by Crippen LogP contribution is 2.17. The Morgan fingerprint density at radius 3 is 2.32 bits per heavy atom. The van der Waals surface area contributed by atoms with Crippen LogP contribution in [0.15, 0.2) is 29.2 Å². The van der Waals surface area contributed by atoms with Crippen LogP contribution >= 0.6 is 0 Å². The number of carboxylic acid groups (broad SMARTS) is 1. The van der Waals surface area contributed by atoms with E-state index in [1.54, 1.807) is 0 Å². The number of hydrogen-bond acceptors (Lipinski definition) is 6. The molecule has 120 valence electrons. The number of ether oxygens (including phenoxy) is 1. The van der Waals surface area contributed by atoms with Crippen molar-refractivity contribution in [1.29, 1.82) is 0 Å². The Balaban J connectivity index is 2.10. The summed E-state index contributed by atoms with van der Waals surface area (Å²) in [5.41, 5.74) is 0.169. The number of hydrogen-bond donors (Lipinski definition) is 1. The average Bonchev–Trinajstić information content (AvgIpc) is 2.53. The van der Waals surface area contributed by atoms with E-state index in [1.165, 1.54) is 28.6 Å². The van der Waals surface area contributed by atoms with Crippen LogP contribution in [0.5, 0.6) is 0 Å². The number of nitrogens with zero attached hydrogens (tertiary/aromatic N) is 1. The maximum Gasteiger partial charge on any atom is 0.251 e. The van der Waals surface area contributed by atoms with Gasteiger partial charge in [-0.3, -0.25) is 4.79 Å². The zero-order valence-electron chi connectivity index (χ0n) is 11.6. The van der Waals surface area contributed by atoms with Gasteiger partial charge in [0.2, 0.25) is 10.0 Å². The van der Waals surface area contributed by atoms with Gasteiger partial charge in [0.15, 0.2) is 0 Å². The topological polar surface area (TPSA) is 116 Å². The molecule has 1 fully saturated rings. The Bertz CT molecular complexity index is 650. The van der Waals surface area contributed by atoms with Gasteiger partial charge in [-0.2, -0.15) is 4.31 Å². The van der Waals surface area contributed by atoms with Gasteiger partial charge < -0.3 is 20.0 Å². The average molecular weight is 327 g/mol. The van der Waals surface area contributed by atoms with Gasteiger partial charge >= 0.3 is 0 Å². The van der Waals surface area contributed by atoms with Gasteiger partial charge in [-0.1, -0.05) is 0 Å². The summed E-state index contributed by atoms with van der Waals surface area (Å²) in [5, 5.41) is 12.4. The lowest BCUT2D eigenvalue weighted by atomic mass is 10.2. The number of nitrogens with one attached hydrogen (secondary N) is 1. The fraction of sp³-hybridized carbons (Fsp3) is 0.385. The van der Waals surface area contributed by atoms with E-state index in [4.69, 9.17) is 4.74 Å². The molecule has 1 heterocycles. The van der Waals surface area contributed by atoms with E-state index in [9.17, 15) is 23.1 Å². The van der Waals surface area contributed by atoms with E-state index < -0.39 is 28.4 Å². The van der Waals surface area contributed by atoms with Gasteiger partial charge in [-0.25, -0.2) is 8.42 Å². The highest BCUT2D eigenvalue weighted by atomic mass is 32.2. The van der Waals surface area contributed by atoms with Crippen molar-refractivity contribution in [1.82, 2.24) is 9.62 Å². The molecule has 1 aromatic carbocycles. The van der Waals surface area contributed by atoms with Crippen molar-refractivity contribution in [2.45, 2.75) is 4.90 Å². The molecule has 1 amide bonds. The Morgan fingerprint density at radius 2 is 1.77 bits per heavy atom. The van der Waals surface area contributed by atoms with Crippen molar-refractivity contribution < 1.29 is 27.9 Å². The largest absolute Gasteiger partial charge is 0.548 e. The van der Waals surface area contributed by atoms with Crippen molar-refractivity contribution in [3.63, 3.8) is 0 Å². The second-order valence-corrected chi connectivity index (χ2v) is 6.53. The van der Waals surface area contributed by atoms with Crippen molar-refractivity contribution in [2.24, 2.45) is 0 Å². The third kappa shape index (κ3) is 3.81. The molecule has 0 bridgehead atoms. The smallest absolute Gasteiger partial charge is 0.251 e. The van der Waals surface area contributed by atoms with Crippen molar-refractivity contribution in [3.05, 3.63) is 29.8 Å². The highest BCUT2D eigenvalue weighted by Gasteiger charge is 2.26. The van der Waals surface area contributed by atoms with E-state index in [1.807, 2.05) is 0 Å². The monoisotopic (exact) mass is 327 g/mol. The molecule has 0 aliphatic carbocycles. The second-order valence-electron chi connectivity index (χ2n) is 4.60. The van der Waals surface area contributed by atoms with Crippen LogP contribution in [0.25, 0.3) is 0 Å². The molecule has 0 aromatic heterocycles. The Labute approximate surface area is 127 Å². The van der Waals surface area contributed by atoms with E-state index in [-0.39, 0.29) is 23.5 Å². The van der Waals surface area contributed by atoms with Gasteiger partial charge in [0, 0.05) is 18.7 Å². The van der Waals surface area contributed by atoms with Crippen LogP contribution in [0.3, 0.4) is 0 Å². The lowest BCUT2D eigenvalue weighted by Gasteiger charge is -2.26. The number of carbonyl (C=O) groups excluding carboxylic acids is 2. The summed E-state index contributed by atoms with van der Waals surface area (Å²) in [6, 6.07) is 5.30. The van der Waals surface area contributed by atoms with Crippen molar-refractivity contribution in [2.75, 3.05) is 32.8 Å². The molecule has 8 nitrogen and oxygen atoms in total. The SMILES string of the molecule is O=C([O-])CNC(=O)c1ccc(S(=O)(=O)N2CCOCC2)cc1. The summed E-state index contributed by atoms with van der Waals surface area (Å²) in [6.07, 6.45) is 0. The summed E-state index contributed by atoms with van der Waals surface area (Å²) >= 11 is 0. The van der Waals surface area contributed by atoms with Crippen LogP contribution in [-0.2, 0) is 19.6 Å². The first kappa shape index (κ1) is 16.4. The van der Waals surface area contributed by atoms with E-state index in [0.717, 1.165) is 0 Å². The molecule has 22 heavy (non-hydrogen) atoms. The Morgan fingerprint density at radius 1 is 1.18 bits per heavy atom. The molecule has 1 aromatic rings. The fourth-order valence-electron chi connectivity index (χ4n) is 1.97. The predicted molar refractivity (Wildman–Crippen MR) is 73.4 cm³/mol. The van der Waals surface area contributed by atoms with Crippen LogP contribution in [0, 0.1) is 0 Å².